The van der Waals surface area contributed by atoms with Crippen LogP contribution in [0.4, 0.5) is 23.2 Å². The Bertz CT molecular complexity index is 413. The third-order valence-corrected chi connectivity index (χ3v) is 1.57. The number of nitro groups is 1. The zero-order valence-corrected chi connectivity index (χ0v) is 7.98. The van der Waals surface area contributed by atoms with E-state index in [1.807, 2.05) is 0 Å². The number of nitrogens with zero attached hydrogens (tertiary/aromatic N) is 1. The van der Waals surface area contributed by atoms with Gasteiger partial charge in [-0.1, -0.05) is 0 Å². The molecule has 0 radical (unpaired) electrons. The van der Waals surface area contributed by atoms with Crippen LogP contribution in [0.15, 0.2) is 18.2 Å². The van der Waals surface area contributed by atoms with Crippen molar-refractivity contribution >= 4 is 5.69 Å². The van der Waals surface area contributed by atoms with Crippen LogP contribution in [-0.2, 0) is 0 Å². The summed E-state index contributed by atoms with van der Waals surface area (Å²) in [6.07, 6.45) is 0. The molecule has 0 saturated heterocycles. The van der Waals surface area contributed by atoms with Crippen LogP contribution >= 0.6 is 0 Å². The van der Waals surface area contributed by atoms with Crippen LogP contribution in [0.1, 0.15) is 0 Å². The smallest absolute Gasteiger partial charge is 0.387 e. The van der Waals surface area contributed by atoms with Crippen LogP contribution in [0, 0.1) is 10.1 Å². The van der Waals surface area contributed by atoms with Gasteiger partial charge < -0.3 is 9.47 Å². The molecule has 0 aliphatic heterocycles. The Morgan fingerprint density at radius 1 is 1.06 bits per heavy atom. The first-order valence-electron chi connectivity index (χ1n) is 4.08. The van der Waals surface area contributed by atoms with Gasteiger partial charge in [-0.25, -0.2) is 0 Å². The molecule has 0 spiro atoms. The third kappa shape index (κ3) is 3.78. The molecule has 0 fully saturated rings. The van der Waals surface area contributed by atoms with Crippen LogP contribution in [0.3, 0.4) is 0 Å². The summed E-state index contributed by atoms with van der Waals surface area (Å²) < 4.78 is 55.4. The first-order chi connectivity index (χ1) is 7.90. The zero-order valence-electron chi connectivity index (χ0n) is 7.98. The molecule has 0 heterocycles. The predicted molar refractivity (Wildman–Crippen MR) is 46.4 cm³/mol. The van der Waals surface area contributed by atoms with Crippen LogP contribution in [0.5, 0.6) is 11.5 Å². The molecule has 0 unspecified atom stereocenters. The van der Waals surface area contributed by atoms with Crippen LogP contribution in [0.25, 0.3) is 0 Å². The van der Waals surface area contributed by atoms with Crippen molar-refractivity contribution in [3.05, 3.63) is 28.3 Å². The summed E-state index contributed by atoms with van der Waals surface area (Å²) in [6.45, 7) is -6.56. The number of hydrogen-bond acceptors (Lipinski definition) is 4. The summed E-state index contributed by atoms with van der Waals surface area (Å²) in [7, 11) is 0. The molecule has 94 valence electrons. The van der Waals surface area contributed by atoms with E-state index < -0.39 is 35.3 Å². The van der Waals surface area contributed by atoms with Gasteiger partial charge in [0.05, 0.1) is 11.0 Å². The molecule has 1 rings (SSSR count). The van der Waals surface area contributed by atoms with Crippen molar-refractivity contribution in [3.63, 3.8) is 0 Å². The first-order valence-corrected chi connectivity index (χ1v) is 4.08. The van der Waals surface area contributed by atoms with Gasteiger partial charge in [-0.15, -0.1) is 0 Å². The molecular formula is C8H5F4NO4. The minimum Gasteiger partial charge on any atom is -0.431 e. The van der Waals surface area contributed by atoms with Crippen LogP contribution < -0.4 is 9.47 Å². The fraction of sp³-hybridized carbons (Fsp3) is 0.250. The molecule has 1 aromatic rings. The van der Waals surface area contributed by atoms with Gasteiger partial charge in [-0.05, 0) is 6.07 Å². The molecule has 0 aromatic heterocycles. The fourth-order valence-corrected chi connectivity index (χ4v) is 0.992. The van der Waals surface area contributed by atoms with Crippen molar-refractivity contribution in [1.82, 2.24) is 0 Å². The van der Waals surface area contributed by atoms with Gasteiger partial charge in [-0.2, -0.15) is 17.6 Å². The third-order valence-electron chi connectivity index (χ3n) is 1.57. The summed E-state index contributed by atoms with van der Waals surface area (Å²) >= 11 is 0. The summed E-state index contributed by atoms with van der Waals surface area (Å²) in [5.41, 5.74) is -0.581. The lowest BCUT2D eigenvalue weighted by molar-refractivity contribution is -0.385. The molecule has 0 saturated carbocycles. The Kier molecular flexibility index (Phi) is 4.07. The Hall–Kier alpha value is -2.06. The van der Waals surface area contributed by atoms with Gasteiger partial charge >= 0.3 is 13.2 Å². The first kappa shape index (κ1) is 13.0. The van der Waals surface area contributed by atoms with E-state index in [9.17, 15) is 27.7 Å². The minimum atomic E-state index is -3.31. The molecule has 1 aromatic carbocycles. The molecular weight excluding hydrogens is 250 g/mol. The quantitative estimate of drug-likeness (QED) is 0.461. The van der Waals surface area contributed by atoms with Crippen molar-refractivity contribution < 1.29 is 32.0 Å². The lowest BCUT2D eigenvalue weighted by Gasteiger charge is -2.10. The van der Waals surface area contributed by atoms with E-state index in [0.717, 1.165) is 12.1 Å². The normalized spacial score (nSPS) is 10.7. The average Bonchev–Trinajstić information content (AvgIpc) is 2.18. The molecule has 9 heteroatoms. The highest BCUT2D eigenvalue weighted by atomic mass is 19.3. The Morgan fingerprint density at radius 3 is 2.06 bits per heavy atom. The Labute approximate surface area is 91.7 Å². The summed E-state index contributed by atoms with van der Waals surface area (Å²) in [5.74, 6) is -1.53. The average molecular weight is 255 g/mol. The second-order valence-corrected chi connectivity index (χ2v) is 2.65. The largest absolute Gasteiger partial charge is 0.431 e. The number of benzene rings is 1. The van der Waals surface area contributed by atoms with Gasteiger partial charge in [0.15, 0.2) is 11.5 Å². The van der Waals surface area contributed by atoms with Crippen molar-refractivity contribution in [2.45, 2.75) is 13.2 Å². The number of rotatable bonds is 5. The summed E-state index contributed by atoms with van der Waals surface area (Å²) in [6, 6.07) is 2.15. The number of hydrogen-bond donors (Lipinski definition) is 0. The van der Waals surface area contributed by atoms with E-state index in [4.69, 9.17) is 0 Å². The number of non-ortho nitro benzene ring substituents is 1. The highest BCUT2D eigenvalue weighted by molar-refractivity contribution is 5.48. The van der Waals surface area contributed by atoms with Crippen molar-refractivity contribution in [1.29, 1.82) is 0 Å². The van der Waals surface area contributed by atoms with Crippen molar-refractivity contribution in [2.75, 3.05) is 0 Å². The van der Waals surface area contributed by atoms with E-state index in [2.05, 4.69) is 9.47 Å². The molecule has 0 N–H and O–H groups in total. The fourth-order valence-electron chi connectivity index (χ4n) is 0.992. The Morgan fingerprint density at radius 2 is 1.59 bits per heavy atom. The van der Waals surface area contributed by atoms with Crippen LogP contribution in [0.2, 0.25) is 0 Å². The van der Waals surface area contributed by atoms with Gasteiger partial charge in [-0.3, -0.25) is 10.1 Å². The van der Waals surface area contributed by atoms with Gasteiger partial charge in [0.25, 0.3) is 5.69 Å². The highest BCUT2D eigenvalue weighted by Crippen LogP contribution is 2.33. The zero-order chi connectivity index (χ0) is 13.0. The molecule has 0 bridgehead atoms. The molecule has 0 aliphatic rings. The molecule has 17 heavy (non-hydrogen) atoms. The van der Waals surface area contributed by atoms with E-state index in [1.54, 1.807) is 0 Å². The minimum absolute atomic E-state index is 0.573. The maximum Gasteiger partial charge on any atom is 0.387 e. The topological polar surface area (TPSA) is 61.6 Å². The van der Waals surface area contributed by atoms with Crippen LogP contribution in [-0.4, -0.2) is 18.1 Å². The van der Waals surface area contributed by atoms with Gasteiger partial charge in [0, 0.05) is 6.07 Å². The summed E-state index contributed by atoms with van der Waals surface area (Å²) in [5, 5.41) is 10.3. The van der Waals surface area contributed by atoms with E-state index in [0.29, 0.717) is 6.07 Å². The second kappa shape index (κ2) is 5.32. The second-order valence-electron chi connectivity index (χ2n) is 2.65. The molecule has 0 aliphatic carbocycles. The maximum absolute atomic E-state index is 11.9. The van der Waals surface area contributed by atoms with E-state index >= 15 is 0 Å². The standard InChI is InChI=1S/C8H5F4NO4/c9-7(10)16-5-2-1-4(13(14)15)3-6(5)17-8(11)12/h1-3,7-8H. The SMILES string of the molecule is O=[N+]([O-])c1ccc(OC(F)F)c(OC(F)F)c1. The van der Waals surface area contributed by atoms with E-state index in [-0.39, 0.29) is 0 Å². The molecule has 0 amide bonds. The number of halogens is 4. The summed E-state index contributed by atoms with van der Waals surface area (Å²) in [4.78, 5) is 9.46. The number of ether oxygens (including phenoxy) is 2. The lowest BCUT2D eigenvalue weighted by Crippen LogP contribution is -2.08. The number of alkyl halides is 4. The van der Waals surface area contributed by atoms with Gasteiger partial charge in [0.1, 0.15) is 0 Å². The maximum atomic E-state index is 11.9. The monoisotopic (exact) mass is 255 g/mol. The lowest BCUT2D eigenvalue weighted by atomic mass is 10.3. The van der Waals surface area contributed by atoms with Gasteiger partial charge in [0.2, 0.25) is 0 Å². The highest BCUT2D eigenvalue weighted by Gasteiger charge is 2.18. The predicted octanol–water partition coefficient (Wildman–Crippen LogP) is 2.80. The van der Waals surface area contributed by atoms with Crippen molar-refractivity contribution in [2.24, 2.45) is 0 Å². The number of nitro benzene ring substituents is 1. The molecule has 5 nitrogen and oxygen atoms in total. The van der Waals surface area contributed by atoms with E-state index in [1.165, 1.54) is 0 Å². The molecule has 0 atom stereocenters. The van der Waals surface area contributed by atoms with Crippen molar-refractivity contribution in [3.8, 4) is 11.5 Å². The Balaban J connectivity index is 3.07.